The number of benzene rings is 1. The van der Waals surface area contributed by atoms with Crippen molar-refractivity contribution in [1.29, 1.82) is 0 Å². The first-order chi connectivity index (χ1) is 9.43. The number of aryl methyl sites for hydroxylation is 1. The Bertz CT molecular complexity index is 647. The van der Waals surface area contributed by atoms with Gasteiger partial charge in [-0.25, -0.2) is 9.78 Å². The third-order valence-electron chi connectivity index (χ3n) is 3.04. The maximum atomic E-state index is 11.3. The summed E-state index contributed by atoms with van der Waals surface area (Å²) in [5.74, 6) is -0.0130. The van der Waals surface area contributed by atoms with E-state index in [9.17, 15) is 9.90 Å². The Labute approximate surface area is 122 Å². The Morgan fingerprint density at radius 3 is 2.55 bits per heavy atom. The molecular formula is C15H17NO3S. The van der Waals surface area contributed by atoms with Gasteiger partial charge in [0.1, 0.15) is 15.6 Å². The number of nitrogens with zero attached hydrogens (tertiary/aromatic N) is 1. The molecule has 0 radical (unpaired) electrons. The molecule has 0 unspecified atom stereocenters. The Balaban J connectivity index is 2.50. The molecule has 2 rings (SSSR count). The molecule has 0 amide bonds. The van der Waals surface area contributed by atoms with Crippen LogP contribution in [0.25, 0.3) is 10.6 Å². The molecule has 0 aliphatic rings. The Hall–Kier alpha value is -1.88. The number of ether oxygens (including phenoxy) is 1. The summed E-state index contributed by atoms with van der Waals surface area (Å²) in [6, 6.07) is 5.75. The zero-order chi connectivity index (χ0) is 14.9. The summed E-state index contributed by atoms with van der Waals surface area (Å²) in [5.41, 5.74) is 2.57. The highest BCUT2D eigenvalue weighted by Gasteiger charge is 2.20. The molecule has 4 nitrogen and oxygen atoms in total. The van der Waals surface area contributed by atoms with Gasteiger partial charge in [0.25, 0.3) is 0 Å². The van der Waals surface area contributed by atoms with Crippen molar-refractivity contribution < 1.29 is 14.6 Å². The molecule has 0 bridgehead atoms. The van der Waals surface area contributed by atoms with Gasteiger partial charge in [-0.15, -0.1) is 11.3 Å². The number of carboxylic acids is 1. The van der Waals surface area contributed by atoms with Crippen molar-refractivity contribution in [3.05, 3.63) is 34.3 Å². The molecular weight excluding hydrogens is 274 g/mol. The molecule has 0 aliphatic heterocycles. The fraction of sp³-hybridized carbons (Fsp3) is 0.333. The summed E-state index contributed by atoms with van der Waals surface area (Å²) in [4.78, 5) is 16.1. The lowest BCUT2D eigenvalue weighted by Gasteiger charge is -2.05. The van der Waals surface area contributed by atoms with Crippen molar-refractivity contribution in [1.82, 2.24) is 4.98 Å². The van der Waals surface area contributed by atoms with Gasteiger partial charge < -0.3 is 9.84 Å². The van der Waals surface area contributed by atoms with Gasteiger partial charge in [-0.2, -0.15) is 0 Å². The zero-order valence-electron chi connectivity index (χ0n) is 11.9. The molecule has 0 saturated heterocycles. The highest BCUT2D eigenvalue weighted by atomic mass is 32.1. The molecule has 1 aromatic heterocycles. The summed E-state index contributed by atoms with van der Waals surface area (Å²) in [5, 5.41) is 10.00. The predicted molar refractivity (Wildman–Crippen MR) is 79.9 cm³/mol. The minimum Gasteiger partial charge on any atom is -0.496 e. The molecule has 20 heavy (non-hydrogen) atoms. The van der Waals surface area contributed by atoms with E-state index >= 15 is 0 Å². The van der Waals surface area contributed by atoms with E-state index in [0.29, 0.717) is 10.6 Å². The largest absolute Gasteiger partial charge is 0.496 e. The Morgan fingerprint density at radius 2 is 2.10 bits per heavy atom. The van der Waals surface area contributed by atoms with Crippen LogP contribution in [0.15, 0.2) is 18.2 Å². The molecule has 0 saturated carbocycles. The first-order valence-electron chi connectivity index (χ1n) is 6.33. The van der Waals surface area contributed by atoms with Crippen LogP contribution in [0.2, 0.25) is 0 Å². The van der Waals surface area contributed by atoms with Gasteiger partial charge in [0, 0.05) is 5.56 Å². The molecule has 1 N–H and O–H groups in total. The number of thiazole rings is 1. The van der Waals surface area contributed by atoms with Crippen LogP contribution in [0.5, 0.6) is 5.75 Å². The van der Waals surface area contributed by atoms with E-state index < -0.39 is 5.97 Å². The molecule has 1 heterocycles. The summed E-state index contributed by atoms with van der Waals surface area (Å²) >= 11 is 1.22. The molecule has 5 heteroatoms. The van der Waals surface area contributed by atoms with Crippen LogP contribution in [0, 0.1) is 6.92 Å². The van der Waals surface area contributed by atoms with E-state index in [-0.39, 0.29) is 5.92 Å². The molecule has 1 aromatic carbocycles. The summed E-state index contributed by atoms with van der Waals surface area (Å²) in [6.45, 7) is 5.85. The van der Waals surface area contributed by atoms with Crippen LogP contribution < -0.4 is 4.74 Å². The fourth-order valence-electron chi connectivity index (χ4n) is 2.01. The van der Waals surface area contributed by atoms with Gasteiger partial charge in [-0.3, -0.25) is 0 Å². The van der Waals surface area contributed by atoms with Crippen LogP contribution >= 0.6 is 11.3 Å². The molecule has 0 fully saturated rings. The van der Waals surface area contributed by atoms with Crippen molar-refractivity contribution in [2.24, 2.45) is 0 Å². The molecule has 106 valence electrons. The monoisotopic (exact) mass is 291 g/mol. The van der Waals surface area contributed by atoms with Gasteiger partial charge in [0.05, 0.1) is 12.8 Å². The zero-order valence-corrected chi connectivity index (χ0v) is 12.7. The average Bonchev–Trinajstić information content (AvgIpc) is 2.84. The van der Waals surface area contributed by atoms with E-state index in [0.717, 1.165) is 21.9 Å². The van der Waals surface area contributed by atoms with Crippen molar-refractivity contribution in [3.63, 3.8) is 0 Å². The second kappa shape index (κ2) is 5.63. The van der Waals surface area contributed by atoms with Gasteiger partial charge in [0.15, 0.2) is 0 Å². The first-order valence-corrected chi connectivity index (χ1v) is 7.14. The van der Waals surface area contributed by atoms with Gasteiger partial charge in [-0.05, 0) is 36.6 Å². The van der Waals surface area contributed by atoms with Crippen LogP contribution in [0.4, 0.5) is 0 Å². The maximum Gasteiger partial charge on any atom is 0.347 e. The summed E-state index contributed by atoms with van der Waals surface area (Å²) in [6.07, 6.45) is 0. The number of carboxylic acid groups (broad SMARTS) is 1. The van der Waals surface area contributed by atoms with Gasteiger partial charge >= 0.3 is 5.97 Å². The Kier molecular flexibility index (Phi) is 4.09. The SMILES string of the molecule is COc1ccc(-c2nc(C(C)C)c(C(=O)O)s2)cc1C. The van der Waals surface area contributed by atoms with Gasteiger partial charge in [-0.1, -0.05) is 13.8 Å². The van der Waals surface area contributed by atoms with E-state index in [1.807, 2.05) is 39.0 Å². The summed E-state index contributed by atoms with van der Waals surface area (Å²) < 4.78 is 5.23. The average molecular weight is 291 g/mol. The number of carbonyl (C=O) groups is 1. The highest BCUT2D eigenvalue weighted by molar-refractivity contribution is 7.17. The summed E-state index contributed by atoms with van der Waals surface area (Å²) in [7, 11) is 1.63. The van der Waals surface area contributed by atoms with Crippen molar-refractivity contribution >= 4 is 17.3 Å². The minimum absolute atomic E-state index is 0.0884. The Morgan fingerprint density at radius 1 is 1.40 bits per heavy atom. The molecule has 0 atom stereocenters. The maximum absolute atomic E-state index is 11.3. The molecule has 0 spiro atoms. The third-order valence-corrected chi connectivity index (χ3v) is 4.14. The van der Waals surface area contributed by atoms with E-state index in [2.05, 4.69) is 4.98 Å². The molecule has 2 aromatic rings. The van der Waals surface area contributed by atoms with E-state index in [4.69, 9.17) is 4.74 Å². The number of rotatable bonds is 4. The van der Waals surface area contributed by atoms with E-state index in [1.54, 1.807) is 7.11 Å². The van der Waals surface area contributed by atoms with E-state index in [1.165, 1.54) is 11.3 Å². The topological polar surface area (TPSA) is 59.4 Å². The van der Waals surface area contributed by atoms with Crippen molar-refractivity contribution in [3.8, 4) is 16.3 Å². The van der Waals surface area contributed by atoms with Crippen LogP contribution in [0.3, 0.4) is 0 Å². The van der Waals surface area contributed by atoms with Crippen molar-refractivity contribution in [2.75, 3.05) is 7.11 Å². The van der Waals surface area contributed by atoms with Crippen molar-refractivity contribution in [2.45, 2.75) is 26.7 Å². The number of aromatic nitrogens is 1. The van der Waals surface area contributed by atoms with Crippen LogP contribution in [-0.2, 0) is 0 Å². The third kappa shape index (κ3) is 2.67. The minimum atomic E-state index is -0.914. The predicted octanol–water partition coefficient (Wildman–Crippen LogP) is 3.95. The second-order valence-electron chi connectivity index (χ2n) is 4.88. The smallest absolute Gasteiger partial charge is 0.347 e. The molecule has 0 aliphatic carbocycles. The number of hydrogen-bond donors (Lipinski definition) is 1. The highest BCUT2D eigenvalue weighted by Crippen LogP contribution is 2.33. The lowest BCUT2D eigenvalue weighted by molar-refractivity contribution is 0.0700. The van der Waals surface area contributed by atoms with Gasteiger partial charge in [0.2, 0.25) is 0 Å². The lowest BCUT2D eigenvalue weighted by atomic mass is 10.1. The first kappa shape index (κ1) is 14.5. The standard InChI is InChI=1S/C15H17NO3S/c1-8(2)12-13(15(17)18)20-14(16-12)10-5-6-11(19-4)9(3)7-10/h5-8H,1-4H3,(H,17,18). The quantitative estimate of drug-likeness (QED) is 0.926. The van der Waals surface area contributed by atoms with Crippen LogP contribution in [0.1, 0.15) is 40.7 Å². The number of hydrogen-bond acceptors (Lipinski definition) is 4. The lowest BCUT2D eigenvalue weighted by Crippen LogP contribution is -2.00. The van der Waals surface area contributed by atoms with Crippen LogP contribution in [-0.4, -0.2) is 23.2 Å². The fourth-order valence-corrected chi connectivity index (χ4v) is 3.07. The normalized spacial score (nSPS) is 10.8. The second-order valence-corrected chi connectivity index (χ2v) is 5.88. The number of methoxy groups -OCH3 is 1. The number of aromatic carboxylic acids is 1.